The summed E-state index contributed by atoms with van der Waals surface area (Å²) in [6.45, 7) is 7.85. The monoisotopic (exact) mass is 245 g/mol. The van der Waals surface area contributed by atoms with Gasteiger partial charge in [0, 0.05) is 11.8 Å². The number of aryl methyl sites for hydroxylation is 1. The molecule has 1 aromatic heterocycles. The summed E-state index contributed by atoms with van der Waals surface area (Å²) in [5, 5.41) is 0. The molecule has 1 nitrogen and oxygen atoms in total. The number of nitrogens with zero attached hydrogens (tertiary/aromatic N) is 1. The minimum atomic E-state index is -0.243. The highest BCUT2D eigenvalue weighted by atomic mass is 79.9. The molecule has 0 spiro atoms. The molecule has 3 heteroatoms. The van der Waals surface area contributed by atoms with Crippen LogP contribution in [0.2, 0.25) is 0 Å². The molecule has 0 amide bonds. The van der Waals surface area contributed by atoms with Crippen molar-refractivity contribution in [3.05, 3.63) is 27.7 Å². The fourth-order valence-electron chi connectivity index (χ4n) is 1.47. The predicted molar refractivity (Wildman–Crippen MR) is 55.3 cm³/mol. The Kier molecular flexibility index (Phi) is 2.76. The molecule has 1 heterocycles. The van der Waals surface area contributed by atoms with Gasteiger partial charge in [-0.1, -0.05) is 20.8 Å². The van der Waals surface area contributed by atoms with Crippen molar-refractivity contribution >= 4 is 15.9 Å². The van der Waals surface area contributed by atoms with E-state index in [1.807, 2.05) is 27.7 Å². The molecular formula is C10H13BrFN. The van der Waals surface area contributed by atoms with Gasteiger partial charge in [0.05, 0.1) is 0 Å². The third kappa shape index (κ3) is 2.08. The van der Waals surface area contributed by atoms with Gasteiger partial charge in [-0.05, 0) is 33.8 Å². The molecule has 0 aliphatic heterocycles. The average Bonchev–Trinajstić information content (AvgIpc) is 1.95. The maximum atomic E-state index is 13.6. The number of hydrogen-bond donors (Lipinski definition) is 0. The second-order valence-corrected chi connectivity index (χ2v) is 4.92. The molecule has 72 valence electrons. The van der Waals surface area contributed by atoms with Crippen molar-refractivity contribution in [1.82, 2.24) is 4.98 Å². The Morgan fingerprint density at radius 2 is 1.92 bits per heavy atom. The topological polar surface area (TPSA) is 12.9 Å². The van der Waals surface area contributed by atoms with Crippen LogP contribution < -0.4 is 0 Å². The van der Waals surface area contributed by atoms with E-state index in [0.717, 1.165) is 11.1 Å². The van der Waals surface area contributed by atoms with E-state index in [0.29, 0.717) is 4.60 Å². The standard InChI is InChI=1S/C10H13BrFN/c1-6-5-13-9(11)8(12)7(6)10(2,3)4/h5H,1-4H3. The fourth-order valence-corrected chi connectivity index (χ4v) is 1.77. The molecule has 1 aromatic rings. The number of rotatable bonds is 0. The summed E-state index contributed by atoms with van der Waals surface area (Å²) in [5.74, 6) is -0.243. The highest BCUT2D eigenvalue weighted by molar-refractivity contribution is 9.10. The summed E-state index contributed by atoms with van der Waals surface area (Å²) in [6, 6.07) is 0. The van der Waals surface area contributed by atoms with Crippen molar-refractivity contribution in [1.29, 1.82) is 0 Å². The number of halogens is 2. The van der Waals surface area contributed by atoms with Gasteiger partial charge >= 0.3 is 0 Å². The average molecular weight is 246 g/mol. The molecular weight excluding hydrogens is 233 g/mol. The van der Waals surface area contributed by atoms with Crippen LogP contribution in [0.5, 0.6) is 0 Å². The van der Waals surface area contributed by atoms with E-state index >= 15 is 0 Å². The van der Waals surface area contributed by atoms with Gasteiger partial charge in [-0.2, -0.15) is 0 Å². The lowest BCUT2D eigenvalue weighted by Gasteiger charge is -2.22. The van der Waals surface area contributed by atoms with Crippen LogP contribution in [0, 0.1) is 12.7 Å². The van der Waals surface area contributed by atoms with Crippen LogP contribution >= 0.6 is 15.9 Å². The molecule has 0 fully saturated rings. The van der Waals surface area contributed by atoms with Crippen LogP contribution in [0.3, 0.4) is 0 Å². The van der Waals surface area contributed by atoms with Gasteiger partial charge in [0.25, 0.3) is 0 Å². The number of hydrogen-bond acceptors (Lipinski definition) is 1. The van der Waals surface area contributed by atoms with Crippen molar-refractivity contribution in [2.24, 2.45) is 0 Å². The molecule has 0 saturated heterocycles. The Balaban J connectivity index is 3.43. The number of aromatic nitrogens is 1. The zero-order valence-corrected chi connectivity index (χ0v) is 9.87. The molecule has 0 unspecified atom stereocenters. The van der Waals surface area contributed by atoms with E-state index in [4.69, 9.17) is 0 Å². The van der Waals surface area contributed by atoms with Gasteiger partial charge in [-0.25, -0.2) is 9.37 Å². The molecule has 0 aromatic carbocycles. The first-order chi connectivity index (χ1) is 5.84. The van der Waals surface area contributed by atoms with Crippen LogP contribution in [0.15, 0.2) is 10.8 Å². The minimum Gasteiger partial charge on any atom is -0.246 e. The van der Waals surface area contributed by atoms with Crippen LogP contribution in [0.25, 0.3) is 0 Å². The third-order valence-corrected chi connectivity index (χ3v) is 2.47. The Labute approximate surface area is 86.5 Å². The SMILES string of the molecule is Cc1cnc(Br)c(F)c1C(C)(C)C. The Bertz CT molecular complexity index is 328. The van der Waals surface area contributed by atoms with Gasteiger partial charge in [0.2, 0.25) is 0 Å². The van der Waals surface area contributed by atoms with E-state index < -0.39 is 0 Å². The summed E-state index contributed by atoms with van der Waals surface area (Å²) in [5.41, 5.74) is 1.45. The van der Waals surface area contributed by atoms with Crippen molar-refractivity contribution in [2.45, 2.75) is 33.1 Å². The predicted octanol–water partition coefficient (Wildman–Crippen LogP) is 3.59. The summed E-state index contributed by atoms with van der Waals surface area (Å²) in [6.07, 6.45) is 1.69. The van der Waals surface area contributed by atoms with Crippen molar-refractivity contribution < 1.29 is 4.39 Å². The van der Waals surface area contributed by atoms with Gasteiger partial charge in [0.1, 0.15) is 4.60 Å². The second kappa shape index (κ2) is 3.37. The summed E-state index contributed by atoms with van der Waals surface area (Å²) >= 11 is 3.09. The Morgan fingerprint density at radius 3 is 2.31 bits per heavy atom. The maximum Gasteiger partial charge on any atom is 0.159 e. The zero-order chi connectivity index (χ0) is 10.2. The normalized spacial score (nSPS) is 11.8. The molecule has 0 aliphatic rings. The van der Waals surface area contributed by atoms with Crippen LogP contribution in [-0.4, -0.2) is 4.98 Å². The van der Waals surface area contributed by atoms with Crippen molar-refractivity contribution in [3.63, 3.8) is 0 Å². The molecule has 13 heavy (non-hydrogen) atoms. The summed E-state index contributed by atoms with van der Waals surface area (Å²) in [7, 11) is 0. The second-order valence-electron chi connectivity index (χ2n) is 4.17. The highest BCUT2D eigenvalue weighted by Gasteiger charge is 2.22. The van der Waals surface area contributed by atoms with Crippen LogP contribution in [0.1, 0.15) is 31.9 Å². The van der Waals surface area contributed by atoms with E-state index in [-0.39, 0.29) is 11.2 Å². The van der Waals surface area contributed by atoms with Gasteiger partial charge in [0.15, 0.2) is 5.82 Å². The van der Waals surface area contributed by atoms with E-state index in [1.54, 1.807) is 6.20 Å². The molecule has 0 radical (unpaired) electrons. The quantitative estimate of drug-likeness (QED) is 0.637. The maximum absolute atomic E-state index is 13.6. The van der Waals surface area contributed by atoms with Crippen molar-refractivity contribution in [2.75, 3.05) is 0 Å². The molecule has 0 N–H and O–H groups in total. The highest BCUT2D eigenvalue weighted by Crippen LogP contribution is 2.30. The lowest BCUT2D eigenvalue weighted by atomic mass is 9.85. The third-order valence-electron chi connectivity index (χ3n) is 1.92. The van der Waals surface area contributed by atoms with Crippen LogP contribution in [-0.2, 0) is 5.41 Å². The van der Waals surface area contributed by atoms with E-state index in [2.05, 4.69) is 20.9 Å². The Hall–Kier alpha value is -0.440. The summed E-state index contributed by atoms with van der Waals surface area (Å²) < 4.78 is 13.9. The Morgan fingerprint density at radius 1 is 1.38 bits per heavy atom. The van der Waals surface area contributed by atoms with Gasteiger partial charge in [-0.3, -0.25) is 0 Å². The van der Waals surface area contributed by atoms with Gasteiger partial charge < -0.3 is 0 Å². The first-order valence-electron chi connectivity index (χ1n) is 4.15. The largest absolute Gasteiger partial charge is 0.246 e. The molecule has 0 saturated carbocycles. The molecule has 0 bridgehead atoms. The first-order valence-corrected chi connectivity index (χ1v) is 4.94. The van der Waals surface area contributed by atoms with Crippen LogP contribution in [0.4, 0.5) is 4.39 Å². The minimum absolute atomic E-state index is 0.181. The first kappa shape index (κ1) is 10.6. The van der Waals surface area contributed by atoms with E-state index in [1.165, 1.54) is 0 Å². The van der Waals surface area contributed by atoms with Gasteiger partial charge in [-0.15, -0.1) is 0 Å². The van der Waals surface area contributed by atoms with E-state index in [9.17, 15) is 4.39 Å². The summed E-state index contributed by atoms with van der Waals surface area (Å²) in [4.78, 5) is 3.89. The van der Waals surface area contributed by atoms with Crippen molar-refractivity contribution in [3.8, 4) is 0 Å². The lowest BCUT2D eigenvalue weighted by molar-refractivity contribution is 0.511. The molecule has 0 atom stereocenters. The molecule has 0 aliphatic carbocycles. The molecule has 1 rings (SSSR count). The fraction of sp³-hybridized carbons (Fsp3) is 0.500. The smallest absolute Gasteiger partial charge is 0.159 e. The lowest BCUT2D eigenvalue weighted by Crippen LogP contribution is -2.16. The zero-order valence-electron chi connectivity index (χ0n) is 8.28. The number of pyridine rings is 1.